The van der Waals surface area contributed by atoms with Gasteiger partial charge in [-0.1, -0.05) is 23.7 Å². The Bertz CT molecular complexity index is 1040. The Hall–Kier alpha value is -2.30. The van der Waals surface area contributed by atoms with Gasteiger partial charge in [-0.3, -0.25) is 4.90 Å². The fraction of sp³-hybridized carbons (Fsp3) is 0.286. The molecule has 0 N–H and O–H groups in total. The van der Waals surface area contributed by atoms with Crippen LogP contribution in [0.15, 0.2) is 45.6 Å². The van der Waals surface area contributed by atoms with Crippen LogP contribution in [-0.4, -0.2) is 17.7 Å². The van der Waals surface area contributed by atoms with Crippen LogP contribution in [0.1, 0.15) is 25.0 Å². The van der Waals surface area contributed by atoms with E-state index < -0.39 is 0 Å². The predicted octanol–water partition coefficient (Wildman–Crippen LogP) is 4.98. The highest BCUT2D eigenvalue weighted by molar-refractivity contribution is 6.30. The summed E-state index contributed by atoms with van der Waals surface area (Å²) in [4.78, 5) is 15.0. The molecule has 5 heteroatoms. The van der Waals surface area contributed by atoms with Gasteiger partial charge in [-0.2, -0.15) is 0 Å². The van der Waals surface area contributed by atoms with Crippen molar-refractivity contribution in [3.8, 4) is 16.9 Å². The quantitative estimate of drug-likeness (QED) is 0.597. The monoisotopic (exact) mass is 369 g/mol. The van der Waals surface area contributed by atoms with Crippen LogP contribution in [0.4, 0.5) is 0 Å². The van der Waals surface area contributed by atoms with E-state index in [0.29, 0.717) is 35.5 Å². The minimum atomic E-state index is -0.340. The van der Waals surface area contributed by atoms with E-state index in [1.165, 1.54) is 0 Å². The SMILES string of the molecule is Cc1c(-c2ccc(Cl)cc2)c(=O)oc2c3c(ccc12)OCN(C(C)C)C3. The minimum Gasteiger partial charge on any atom is -0.478 e. The average molecular weight is 370 g/mol. The molecule has 0 saturated heterocycles. The summed E-state index contributed by atoms with van der Waals surface area (Å²) in [5.74, 6) is 0.788. The molecule has 0 atom stereocenters. The van der Waals surface area contributed by atoms with Crippen molar-refractivity contribution < 1.29 is 9.15 Å². The van der Waals surface area contributed by atoms with Gasteiger partial charge in [-0.15, -0.1) is 0 Å². The maximum Gasteiger partial charge on any atom is 0.344 e. The second kappa shape index (κ2) is 6.45. The van der Waals surface area contributed by atoms with Gasteiger partial charge in [0.25, 0.3) is 0 Å². The topological polar surface area (TPSA) is 42.7 Å². The molecule has 3 aromatic rings. The Balaban J connectivity index is 1.93. The zero-order valence-electron chi connectivity index (χ0n) is 15.0. The zero-order chi connectivity index (χ0) is 18.4. The third-order valence-corrected chi connectivity index (χ3v) is 5.26. The lowest BCUT2D eigenvalue weighted by atomic mass is 9.97. The van der Waals surface area contributed by atoms with E-state index in [0.717, 1.165) is 27.8 Å². The summed E-state index contributed by atoms with van der Waals surface area (Å²) in [6, 6.07) is 11.5. The number of nitrogens with zero attached hydrogens (tertiary/aromatic N) is 1. The van der Waals surface area contributed by atoms with E-state index in [-0.39, 0.29) is 5.63 Å². The van der Waals surface area contributed by atoms with E-state index in [4.69, 9.17) is 20.8 Å². The number of fused-ring (bicyclic) bond motifs is 3. The van der Waals surface area contributed by atoms with Gasteiger partial charge in [0.15, 0.2) is 0 Å². The number of ether oxygens (including phenoxy) is 1. The zero-order valence-corrected chi connectivity index (χ0v) is 15.8. The third-order valence-electron chi connectivity index (χ3n) is 5.01. The molecule has 0 unspecified atom stereocenters. The molecule has 0 bridgehead atoms. The lowest BCUT2D eigenvalue weighted by molar-refractivity contribution is 0.0689. The first-order valence-corrected chi connectivity index (χ1v) is 9.05. The lowest BCUT2D eigenvalue weighted by Crippen LogP contribution is -2.37. The molecule has 0 amide bonds. The molecule has 0 aliphatic carbocycles. The fourth-order valence-corrected chi connectivity index (χ4v) is 3.55. The second-order valence-corrected chi connectivity index (χ2v) is 7.37. The van der Waals surface area contributed by atoms with Crippen LogP contribution < -0.4 is 10.4 Å². The first kappa shape index (κ1) is 17.1. The molecule has 2 aromatic carbocycles. The van der Waals surface area contributed by atoms with Crippen molar-refractivity contribution >= 4 is 22.6 Å². The first-order valence-electron chi connectivity index (χ1n) is 8.68. The highest BCUT2D eigenvalue weighted by Gasteiger charge is 2.24. The molecule has 0 spiro atoms. The van der Waals surface area contributed by atoms with Crippen molar-refractivity contribution in [1.29, 1.82) is 0 Å². The van der Waals surface area contributed by atoms with E-state index in [1.54, 1.807) is 12.1 Å². The van der Waals surface area contributed by atoms with Crippen molar-refractivity contribution in [2.75, 3.05) is 6.73 Å². The largest absolute Gasteiger partial charge is 0.478 e. The Labute approximate surface area is 156 Å². The number of hydrogen-bond donors (Lipinski definition) is 0. The fourth-order valence-electron chi connectivity index (χ4n) is 3.42. The van der Waals surface area contributed by atoms with Crippen LogP contribution in [0, 0.1) is 6.92 Å². The Morgan fingerprint density at radius 3 is 2.54 bits per heavy atom. The third kappa shape index (κ3) is 2.79. The number of halogens is 1. The number of rotatable bonds is 2. The van der Waals surface area contributed by atoms with Gasteiger partial charge in [0, 0.05) is 23.0 Å². The van der Waals surface area contributed by atoms with Crippen molar-refractivity contribution in [3.05, 3.63) is 63.0 Å². The Morgan fingerprint density at radius 1 is 1.12 bits per heavy atom. The highest BCUT2D eigenvalue weighted by atomic mass is 35.5. The number of benzene rings is 2. The van der Waals surface area contributed by atoms with Gasteiger partial charge in [-0.25, -0.2) is 4.79 Å². The van der Waals surface area contributed by atoms with Gasteiger partial charge >= 0.3 is 5.63 Å². The standard InChI is InChI=1S/C21H20ClNO3/c1-12(2)23-10-17-18(25-11-23)9-8-16-13(3)19(21(24)26-20(16)17)14-4-6-15(22)7-5-14/h4-9,12H,10-11H2,1-3H3. The van der Waals surface area contributed by atoms with Gasteiger partial charge in [0.2, 0.25) is 0 Å². The average Bonchev–Trinajstić information content (AvgIpc) is 2.62. The number of aryl methyl sites for hydroxylation is 1. The molecule has 26 heavy (non-hydrogen) atoms. The van der Waals surface area contributed by atoms with Gasteiger partial charge in [-0.05, 0) is 56.2 Å². The van der Waals surface area contributed by atoms with Crippen molar-refractivity contribution in [1.82, 2.24) is 4.90 Å². The molecule has 4 nitrogen and oxygen atoms in total. The normalized spacial score (nSPS) is 14.5. The summed E-state index contributed by atoms with van der Waals surface area (Å²) in [7, 11) is 0. The molecule has 1 aliphatic heterocycles. The predicted molar refractivity (Wildman–Crippen MR) is 104 cm³/mol. The summed E-state index contributed by atoms with van der Waals surface area (Å²) in [6.45, 7) is 7.45. The molecule has 1 aliphatic rings. The molecule has 0 saturated carbocycles. The maximum absolute atomic E-state index is 12.8. The number of hydrogen-bond acceptors (Lipinski definition) is 4. The highest BCUT2D eigenvalue weighted by Crippen LogP contribution is 2.36. The summed E-state index contributed by atoms with van der Waals surface area (Å²) in [5, 5.41) is 1.57. The lowest BCUT2D eigenvalue weighted by Gasteiger charge is -2.32. The summed E-state index contributed by atoms with van der Waals surface area (Å²) in [6.07, 6.45) is 0. The van der Waals surface area contributed by atoms with Crippen LogP contribution in [0.2, 0.25) is 5.02 Å². The van der Waals surface area contributed by atoms with E-state index in [1.807, 2.05) is 31.2 Å². The molecule has 2 heterocycles. The van der Waals surface area contributed by atoms with Gasteiger partial charge in [0.05, 0.1) is 11.1 Å². The smallest absolute Gasteiger partial charge is 0.344 e. The summed E-state index contributed by atoms with van der Waals surface area (Å²) < 4.78 is 11.7. The van der Waals surface area contributed by atoms with Crippen LogP contribution in [-0.2, 0) is 6.54 Å². The van der Waals surface area contributed by atoms with Crippen LogP contribution >= 0.6 is 11.6 Å². The Kier molecular flexibility index (Phi) is 4.25. The van der Waals surface area contributed by atoms with Crippen molar-refractivity contribution in [2.24, 2.45) is 0 Å². The Morgan fingerprint density at radius 2 is 1.85 bits per heavy atom. The van der Waals surface area contributed by atoms with Crippen LogP contribution in [0.5, 0.6) is 5.75 Å². The maximum atomic E-state index is 12.8. The van der Waals surface area contributed by atoms with E-state index >= 15 is 0 Å². The van der Waals surface area contributed by atoms with E-state index in [2.05, 4.69) is 18.7 Å². The molecular formula is C21H20ClNO3. The molecule has 134 valence electrons. The molecule has 4 rings (SSSR count). The van der Waals surface area contributed by atoms with Gasteiger partial charge in [0.1, 0.15) is 18.1 Å². The summed E-state index contributed by atoms with van der Waals surface area (Å²) >= 11 is 5.97. The summed E-state index contributed by atoms with van der Waals surface area (Å²) in [5.41, 5.74) is 3.50. The van der Waals surface area contributed by atoms with Crippen molar-refractivity contribution in [3.63, 3.8) is 0 Å². The molecular weight excluding hydrogens is 350 g/mol. The first-order chi connectivity index (χ1) is 12.5. The second-order valence-electron chi connectivity index (χ2n) is 6.93. The van der Waals surface area contributed by atoms with Crippen LogP contribution in [0.25, 0.3) is 22.1 Å². The van der Waals surface area contributed by atoms with Crippen molar-refractivity contribution in [2.45, 2.75) is 33.4 Å². The molecule has 0 radical (unpaired) electrons. The minimum absolute atomic E-state index is 0.340. The van der Waals surface area contributed by atoms with Crippen LogP contribution in [0.3, 0.4) is 0 Å². The molecule has 0 fully saturated rings. The van der Waals surface area contributed by atoms with Gasteiger partial charge < -0.3 is 9.15 Å². The van der Waals surface area contributed by atoms with E-state index in [9.17, 15) is 4.79 Å². The molecule has 1 aromatic heterocycles.